The molecule has 55 valence electrons. The van der Waals surface area contributed by atoms with E-state index in [4.69, 9.17) is 16.7 Å². The van der Waals surface area contributed by atoms with Crippen LogP contribution in [0.1, 0.15) is 0 Å². The van der Waals surface area contributed by atoms with Crippen LogP contribution in [0.2, 0.25) is 5.28 Å². The predicted molar refractivity (Wildman–Crippen MR) is 37.2 cm³/mol. The minimum Gasteiger partial charge on any atom is -0.492 e. The Labute approximate surface area is 66.1 Å². The molecule has 0 bridgehead atoms. The van der Waals surface area contributed by atoms with E-state index in [0.717, 1.165) is 0 Å². The van der Waals surface area contributed by atoms with E-state index in [-0.39, 0.29) is 11.2 Å². The summed E-state index contributed by atoms with van der Waals surface area (Å²) in [5.41, 5.74) is 0.635. The van der Waals surface area contributed by atoms with Gasteiger partial charge in [0, 0.05) is 0 Å². The molecule has 0 saturated carbocycles. The van der Waals surface area contributed by atoms with Crippen LogP contribution in [0.5, 0.6) is 5.88 Å². The van der Waals surface area contributed by atoms with E-state index in [1.807, 2.05) is 0 Å². The van der Waals surface area contributed by atoms with Crippen molar-refractivity contribution in [1.82, 2.24) is 19.9 Å². The van der Waals surface area contributed by atoms with Crippen LogP contribution in [0.4, 0.5) is 0 Å². The summed E-state index contributed by atoms with van der Waals surface area (Å²) in [4.78, 5) is 13.4. The van der Waals surface area contributed by atoms with Crippen molar-refractivity contribution in [2.45, 2.75) is 0 Å². The number of aromatic amines is 1. The Balaban J connectivity index is 2.90. The molecule has 5 nitrogen and oxygen atoms in total. The van der Waals surface area contributed by atoms with E-state index < -0.39 is 0 Å². The minimum absolute atomic E-state index is 0.171. The van der Waals surface area contributed by atoms with E-state index in [0.29, 0.717) is 11.2 Å². The van der Waals surface area contributed by atoms with Crippen molar-refractivity contribution < 1.29 is 5.11 Å². The Kier molecular flexibility index (Phi) is 1.19. The number of nitrogens with one attached hydrogen (secondary N) is 1. The molecule has 0 aliphatic rings. The van der Waals surface area contributed by atoms with E-state index in [2.05, 4.69) is 26.3 Å². The Hall–Kier alpha value is -1.36. The van der Waals surface area contributed by atoms with E-state index in [1.165, 1.54) is 0 Å². The van der Waals surface area contributed by atoms with Gasteiger partial charge in [-0.05, 0) is 11.6 Å². The summed E-state index contributed by atoms with van der Waals surface area (Å²) in [6.07, 6.45) is 2.23. The molecule has 2 aromatic rings. The summed E-state index contributed by atoms with van der Waals surface area (Å²) in [6.45, 7) is 0. The lowest BCUT2D eigenvalue weighted by Gasteiger charge is -1.87. The van der Waals surface area contributed by atoms with Gasteiger partial charge in [-0.2, -0.15) is 9.97 Å². The second-order valence-corrected chi connectivity index (χ2v) is 2.23. The number of imidazole rings is 1. The highest BCUT2D eigenvalue weighted by atomic mass is 35.5. The molecule has 0 atom stereocenters. The molecule has 0 fully saturated rings. The topological polar surface area (TPSA) is 74.7 Å². The zero-order valence-electron chi connectivity index (χ0n) is 5.17. The number of halogens is 1. The first-order chi connectivity index (χ1) is 5.27. The van der Waals surface area contributed by atoms with Crippen molar-refractivity contribution in [3.63, 3.8) is 0 Å². The van der Waals surface area contributed by atoms with Gasteiger partial charge < -0.3 is 10.1 Å². The lowest BCUT2D eigenvalue weighted by atomic mass is 10.5. The molecular weight excluding hydrogens is 168 g/mol. The van der Waals surface area contributed by atoms with Crippen LogP contribution in [-0.2, 0) is 0 Å². The quantitative estimate of drug-likeness (QED) is 0.564. The second-order valence-electron chi connectivity index (χ2n) is 1.87. The fourth-order valence-electron chi connectivity index (χ4n) is 0.748. The van der Waals surface area contributed by atoms with Gasteiger partial charge in [0.2, 0.25) is 17.5 Å². The molecule has 0 unspecified atom stereocenters. The van der Waals surface area contributed by atoms with Crippen molar-refractivity contribution in [2.24, 2.45) is 0 Å². The molecule has 0 aliphatic carbocycles. The first-order valence-electron chi connectivity index (χ1n) is 2.75. The fraction of sp³-hybridized carbons (Fsp3) is 0. The van der Waals surface area contributed by atoms with Gasteiger partial charge >= 0.3 is 0 Å². The number of aromatic nitrogens is 4. The molecule has 0 aliphatic heterocycles. The lowest BCUT2D eigenvalue weighted by Crippen LogP contribution is -1.80. The molecule has 2 heterocycles. The molecule has 2 N–H and O–H groups in total. The number of hydrogen-bond donors (Lipinski definition) is 2. The summed E-state index contributed by atoms with van der Waals surface area (Å²) in [5.74, 6) is -0.200. The van der Waals surface area contributed by atoms with Crippen molar-refractivity contribution in [3.05, 3.63) is 11.6 Å². The van der Waals surface area contributed by atoms with Crippen molar-refractivity contribution in [1.29, 1.82) is 0 Å². The molecule has 0 saturated heterocycles. The maximum Gasteiger partial charge on any atom is 0.241 e. The molecule has 0 amide bonds. The molecule has 6 heteroatoms. The highest BCUT2D eigenvalue weighted by Crippen LogP contribution is 2.18. The summed E-state index contributed by atoms with van der Waals surface area (Å²) >= 11 is 5.50. The second kappa shape index (κ2) is 2.06. The SMILES string of the molecule is Oc1n[c]nc2nc(Cl)[nH]c12. The first-order valence-corrected chi connectivity index (χ1v) is 3.13. The summed E-state index contributed by atoms with van der Waals surface area (Å²) in [5, 5.41) is 9.24. The van der Waals surface area contributed by atoms with Crippen LogP contribution < -0.4 is 0 Å². The highest BCUT2D eigenvalue weighted by molar-refractivity contribution is 6.29. The van der Waals surface area contributed by atoms with Gasteiger partial charge in [0.1, 0.15) is 5.52 Å². The monoisotopic (exact) mass is 169 g/mol. The van der Waals surface area contributed by atoms with Crippen LogP contribution >= 0.6 is 11.6 Å². The van der Waals surface area contributed by atoms with Gasteiger partial charge in [0.05, 0.1) is 0 Å². The molecule has 0 spiro atoms. The summed E-state index contributed by atoms with van der Waals surface area (Å²) in [6, 6.07) is 0. The van der Waals surface area contributed by atoms with Gasteiger partial charge in [-0.25, -0.2) is 4.98 Å². The van der Waals surface area contributed by atoms with Gasteiger partial charge in [0.15, 0.2) is 5.65 Å². The van der Waals surface area contributed by atoms with Crippen LogP contribution in [0.25, 0.3) is 11.2 Å². The van der Waals surface area contributed by atoms with Crippen molar-refractivity contribution in [3.8, 4) is 5.88 Å². The van der Waals surface area contributed by atoms with Crippen LogP contribution in [0, 0.1) is 6.33 Å². The number of rotatable bonds is 0. The highest BCUT2D eigenvalue weighted by Gasteiger charge is 2.06. The number of H-pyrrole nitrogens is 1. The zero-order valence-corrected chi connectivity index (χ0v) is 5.92. The largest absolute Gasteiger partial charge is 0.492 e. The smallest absolute Gasteiger partial charge is 0.241 e. The van der Waals surface area contributed by atoms with Crippen molar-refractivity contribution in [2.75, 3.05) is 0 Å². The van der Waals surface area contributed by atoms with Crippen LogP contribution in [-0.4, -0.2) is 25.0 Å². The number of aromatic hydroxyl groups is 1. The average Bonchev–Trinajstić information content (AvgIpc) is 2.31. The first kappa shape index (κ1) is 6.36. The van der Waals surface area contributed by atoms with Gasteiger partial charge in [-0.1, -0.05) is 0 Å². The van der Waals surface area contributed by atoms with E-state index in [9.17, 15) is 0 Å². The van der Waals surface area contributed by atoms with E-state index >= 15 is 0 Å². The average molecular weight is 170 g/mol. The normalized spacial score (nSPS) is 10.6. The zero-order chi connectivity index (χ0) is 7.84. The number of fused-ring (bicyclic) bond motifs is 1. The Morgan fingerprint density at radius 2 is 2.27 bits per heavy atom. The molecule has 0 aromatic carbocycles. The standard InChI is InChI=1S/C5H2ClN4O/c6-5-9-2-3(10-5)7-1-8-4(2)11/h(H2,7,8,9,10,11). The third-order valence-electron chi connectivity index (χ3n) is 1.19. The third kappa shape index (κ3) is 0.894. The predicted octanol–water partition coefficient (Wildman–Crippen LogP) is 0.512. The molecule has 1 radical (unpaired) electrons. The molecular formula is C5H2ClN4O. The fourth-order valence-corrected chi connectivity index (χ4v) is 0.923. The van der Waals surface area contributed by atoms with Gasteiger partial charge in [-0.3, -0.25) is 0 Å². The Bertz CT molecular complexity index is 398. The third-order valence-corrected chi connectivity index (χ3v) is 1.37. The summed E-state index contributed by atoms with van der Waals surface area (Å²) < 4.78 is 0. The molecule has 11 heavy (non-hydrogen) atoms. The molecule has 2 aromatic heterocycles. The number of hydrogen-bond acceptors (Lipinski definition) is 4. The Morgan fingerprint density at radius 1 is 1.45 bits per heavy atom. The van der Waals surface area contributed by atoms with Gasteiger partial charge in [0.25, 0.3) is 0 Å². The van der Waals surface area contributed by atoms with Gasteiger partial charge in [-0.15, -0.1) is 0 Å². The summed E-state index contributed by atoms with van der Waals surface area (Å²) in [7, 11) is 0. The van der Waals surface area contributed by atoms with Crippen molar-refractivity contribution >= 4 is 22.8 Å². The number of nitrogens with zero attached hydrogens (tertiary/aromatic N) is 3. The maximum absolute atomic E-state index is 9.07. The minimum atomic E-state index is -0.200. The van der Waals surface area contributed by atoms with Crippen LogP contribution in [0.15, 0.2) is 0 Å². The Morgan fingerprint density at radius 3 is 3.00 bits per heavy atom. The lowest BCUT2D eigenvalue weighted by molar-refractivity contribution is 0.457. The van der Waals surface area contributed by atoms with E-state index in [1.54, 1.807) is 0 Å². The van der Waals surface area contributed by atoms with Crippen LogP contribution in [0.3, 0.4) is 0 Å². The molecule has 2 rings (SSSR count). The maximum atomic E-state index is 9.07.